The Morgan fingerprint density at radius 3 is 1.11 bits per heavy atom. The van der Waals surface area contributed by atoms with E-state index in [1.807, 2.05) is 27.7 Å². The summed E-state index contributed by atoms with van der Waals surface area (Å²) >= 11 is 0. The average Bonchev–Trinajstić information content (AvgIpc) is 1.76. The topological polar surface area (TPSA) is 439 Å². The van der Waals surface area contributed by atoms with Gasteiger partial charge in [0.2, 0.25) is 76.8 Å². The Balaban J connectivity index is 1.61. The Morgan fingerprint density at radius 2 is 0.734 bits per heavy atom. The zero-order valence-corrected chi connectivity index (χ0v) is 66.2. The first-order chi connectivity index (χ1) is 52.1. The van der Waals surface area contributed by atoms with Crippen molar-refractivity contribution in [2.45, 2.75) is 289 Å². The van der Waals surface area contributed by atoms with Crippen molar-refractivity contribution in [3.8, 4) is 0 Å². The second-order valence-corrected chi connectivity index (χ2v) is 31.1. The van der Waals surface area contributed by atoms with Crippen LogP contribution in [0.1, 0.15) is 215 Å². The highest BCUT2D eigenvalue weighted by molar-refractivity contribution is 6.00. The van der Waals surface area contributed by atoms with Crippen molar-refractivity contribution in [3.63, 3.8) is 0 Å². The number of hydrogen-bond acceptors (Lipinski definition) is 16. The summed E-state index contributed by atoms with van der Waals surface area (Å²) in [6, 6.07) is 2.66. The number of fused-ring (bicyclic) bond motifs is 2. The lowest BCUT2D eigenvalue weighted by molar-refractivity contribution is -0.143. The molecule has 0 bridgehead atoms. The van der Waals surface area contributed by atoms with Crippen LogP contribution in [0.15, 0.2) is 60.7 Å². The van der Waals surface area contributed by atoms with Gasteiger partial charge in [0, 0.05) is 38.9 Å². The third-order valence-electron chi connectivity index (χ3n) is 20.3. The Bertz CT molecular complexity index is 3240. The third kappa shape index (κ3) is 30.7. The molecule has 0 saturated carbocycles. The monoisotopic (exact) mass is 1520 g/mol. The summed E-state index contributed by atoms with van der Waals surface area (Å²) in [4.78, 5) is 195. The number of carbonyl (C=O) groups is 13. The lowest BCUT2D eigenvalue weighted by atomic mass is 9.99. The minimum Gasteiger partial charge on any atom is -0.356 e. The summed E-state index contributed by atoms with van der Waals surface area (Å²) in [7, 11) is 0. The molecule has 0 spiro atoms. The molecule has 0 aliphatic carbocycles. The normalized spacial score (nSPS) is 24.8. The van der Waals surface area contributed by atoms with Crippen molar-refractivity contribution in [1.29, 1.82) is 0 Å². The van der Waals surface area contributed by atoms with Gasteiger partial charge in [0.1, 0.15) is 72.5 Å². The highest BCUT2D eigenvalue weighted by atomic mass is 16.2. The molecular formula is C80H130N16O13. The maximum atomic E-state index is 15.3. The van der Waals surface area contributed by atoms with E-state index in [1.54, 1.807) is 88.4 Å². The number of amides is 13. The number of unbranched alkanes of at least 4 members (excludes halogenated alkanes) is 6. The van der Waals surface area contributed by atoms with E-state index in [9.17, 15) is 47.9 Å². The van der Waals surface area contributed by atoms with Gasteiger partial charge >= 0.3 is 0 Å². The van der Waals surface area contributed by atoms with Crippen molar-refractivity contribution < 1.29 is 62.3 Å². The van der Waals surface area contributed by atoms with Crippen LogP contribution in [0.4, 0.5) is 0 Å². The third-order valence-corrected chi connectivity index (χ3v) is 20.3. The fourth-order valence-electron chi connectivity index (χ4n) is 14.1. The predicted molar refractivity (Wildman–Crippen MR) is 417 cm³/mol. The van der Waals surface area contributed by atoms with Crippen LogP contribution in [-0.4, -0.2) is 198 Å². The van der Waals surface area contributed by atoms with Gasteiger partial charge in [-0.15, -0.1) is 0 Å². The highest BCUT2D eigenvalue weighted by Crippen LogP contribution is 2.24. The second-order valence-electron chi connectivity index (χ2n) is 31.1. The average molecular weight is 1520 g/mol. The Hall–Kier alpha value is -8.57. The maximum Gasteiger partial charge on any atom is 0.246 e. The molecule has 3 heterocycles. The van der Waals surface area contributed by atoms with Crippen molar-refractivity contribution in [3.05, 3.63) is 71.8 Å². The number of carbonyl (C=O) groups excluding carboxylic acids is 13. The maximum absolute atomic E-state index is 15.3. The van der Waals surface area contributed by atoms with Gasteiger partial charge in [-0.25, -0.2) is 0 Å². The molecule has 0 radical (unpaired) electrons. The molecule has 12 atom stereocenters. The molecule has 17 N–H and O–H groups in total. The summed E-state index contributed by atoms with van der Waals surface area (Å²) in [5.41, 5.74) is 19.3. The summed E-state index contributed by atoms with van der Waals surface area (Å²) < 4.78 is 0. The van der Waals surface area contributed by atoms with Crippen LogP contribution in [0.25, 0.3) is 0 Å². The predicted octanol–water partition coefficient (Wildman–Crippen LogP) is 2.97. The molecule has 0 aromatic heterocycles. The summed E-state index contributed by atoms with van der Waals surface area (Å²) in [5, 5.41) is 31.6. The van der Waals surface area contributed by atoms with E-state index in [4.69, 9.17) is 17.2 Å². The Morgan fingerprint density at radius 1 is 0.394 bits per heavy atom. The molecular weight excluding hydrogens is 1390 g/mol. The number of nitrogens with zero attached hydrogens (tertiary/aromatic N) is 2. The largest absolute Gasteiger partial charge is 0.356 e. The quantitative estimate of drug-likeness (QED) is 0.0483. The molecule has 608 valence electrons. The number of hydrogen-bond donors (Lipinski definition) is 14. The van der Waals surface area contributed by atoms with Gasteiger partial charge in [-0.1, -0.05) is 149 Å². The van der Waals surface area contributed by atoms with Gasteiger partial charge in [0.25, 0.3) is 0 Å². The van der Waals surface area contributed by atoms with Gasteiger partial charge in [-0.05, 0) is 164 Å². The molecule has 2 aromatic rings. The number of nitrogens with two attached hydrogens (primary N) is 3. The van der Waals surface area contributed by atoms with Crippen molar-refractivity contribution in [2.75, 3.05) is 39.3 Å². The van der Waals surface area contributed by atoms with Crippen molar-refractivity contribution in [1.82, 2.24) is 68.3 Å². The Labute approximate surface area is 645 Å². The first-order valence-electron chi connectivity index (χ1n) is 40.2. The van der Waals surface area contributed by atoms with Crippen LogP contribution in [0.3, 0.4) is 0 Å². The minimum atomic E-state index is -1.31. The molecule has 0 unspecified atom stereocenters. The van der Waals surface area contributed by atoms with E-state index in [0.717, 1.165) is 32.1 Å². The summed E-state index contributed by atoms with van der Waals surface area (Å²) in [6.07, 6.45) is 8.65. The SMILES string of the molecule is CCCCCCCC(=O)NCCCC[C@H]1NC(=O)[C@@H]2CCCN2C(=O)[C@@H](Cc2ccccc2)NC(=O)[C@H](CC(C)C)NC(=O)[C@H](CCCN)NC(=O)[C@H](C(C)C)NC(=O)[C@@H](CCCCN)NC(=O)[C@@H]2CCCN2C(=O)[C@@H](Cc2ccccc2)NC(=O)[C@H](CC(C)C)NC(=O)[C@H](CCCN)NC(=O)[C@H](C(C)C)NC1=O. The lowest BCUT2D eigenvalue weighted by Gasteiger charge is -2.32. The first kappa shape index (κ1) is 91.0. The molecule has 3 aliphatic heterocycles. The molecule has 29 heteroatoms. The summed E-state index contributed by atoms with van der Waals surface area (Å²) in [5.74, 6) is -10.2. The van der Waals surface area contributed by atoms with E-state index in [1.165, 1.54) is 9.80 Å². The van der Waals surface area contributed by atoms with Crippen molar-refractivity contribution in [2.24, 2.45) is 40.9 Å². The van der Waals surface area contributed by atoms with Gasteiger partial charge in [-0.2, -0.15) is 0 Å². The smallest absolute Gasteiger partial charge is 0.246 e. The van der Waals surface area contributed by atoms with E-state index in [0.29, 0.717) is 56.1 Å². The summed E-state index contributed by atoms with van der Waals surface area (Å²) in [6.45, 7) is 17.3. The molecule has 5 rings (SSSR count). The fraction of sp³-hybridized carbons (Fsp3) is 0.688. The second kappa shape index (κ2) is 48.2. The van der Waals surface area contributed by atoms with Gasteiger partial charge in [0.15, 0.2) is 0 Å². The number of benzene rings is 2. The van der Waals surface area contributed by atoms with Crippen LogP contribution in [0, 0.1) is 23.7 Å². The van der Waals surface area contributed by atoms with Gasteiger partial charge in [0.05, 0.1) is 0 Å². The molecule has 3 fully saturated rings. The fourth-order valence-corrected chi connectivity index (χ4v) is 14.1. The molecule has 3 aliphatic rings. The molecule has 13 amide bonds. The molecule has 29 nitrogen and oxygen atoms in total. The minimum absolute atomic E-state index is 0.00522. The van der Waals surface area contributed by atoms with Crippen LogP contribution < -0.4 is 75.7 Å². The van der Waals surface area contributed by atoms with E-state index >= 15 is 14.4 Å². The standard InChI is InChI=1S/C80H130N16O13/c1-10-11-12-13-20-39-66(97)84-43-24-22-34-57-72(101)94-68(53(8)9)78(107)88-59(36-26-42-83)70(99)90-60(46-50(2)3)73(102)91-62(48-54-29-16-14-17-30-54)79(108)95-44-27-37-64(95)75(104)85-56(33-21-23-40-81)71(100)93-67(52(6)7)77(106)87-58(35-25-41-82)69(98)89-61(47-51(4)5)74(103)92-63(49-55-31-18-15-19-32-55)80(109)96-45-28-38-65(96)76(105)86-57/h14-19,29-32,50-53,56-65,67-68H,10-13,20-28,33-49,81-83H2,1-9H3,(H,84,97)(H,85,104)(H,86,105)(H,87,106)(H,88,107)(H,89,98)(H,90,99)(H,91,102)(H,92,103)(H,93,100)(H,94,101)/t56-,57-,58+,59+,60+,61+,62-,63-,64+,65+,67+,68+/m1/s1. The van der Waals surface area contributed by atoms with E-state index in [-0.39, 0.29) is 134 Å². The lowest BCUT2D eigenvalue weighted by Crippen LogP contribution is -2.62. The van der Waals surface area contributed by atoms with Crippen LogP contribution in [-0.2, 0) is 75.2 Å². The zero-order chi connectivity index (χ0) is 80.1. The Kier molecular flexibility index (Phi) is 40.2. The van der Waals surface area contributed by atoms with E-state index < -0.39 is 155 Å². The van der Waals surface area contributed by atoms with E-state index in [2.05, 4.69) is 65.4 Å². The molecule has 109 heavy (non-hydrogen) atoms. The zero-order valence-electron chi connectivity index (χ0n) is 66.2. The van der Waals surface area contributed by atoms with Crippen LogP contribution >= 0.6 is 0 Å². The first-order valence-corrected chi connectivity index (χ1v) is 40.2. The van der Waals surface area contributed by atoms with Gasteiger partial charge in [-0.3, -0.25) is 62.3 Å². The van der Waals surface area contributed by atoms with Crippen molar-refractivity contribution >= 4 is 76.8 Å². The molecule has 3 saturated heterocycles. The highest BCUT2D eigenvalue weighted by Gasteiger charge is 2.44. The number of nitrogens with one attached hydrogen (secondary N) is 11. The van der Waals surface area contributed by atoms with Crippen LogP contribution in [0.5, 0.6) is 0 Å². The van der Waals surface area contributed by atoms with Gasteiger partial charge < -0.3 is 85.5 Å². The van der Waals surface area contributed by atoms with Crippen LogP contribution in [0.2, 0.25) is 0 Å². The number of rotatable bonds is 31. The molecule has 2 aromatic carbocycles.